The first-order valence-electron chi connectivity index (χ1n) is 4.57. The Hall–Kier alpha value is -0.510. The third kappa shape index (κ3) is 9.40. The van der Waals surface area contributed by atoms with Crippen molar-refractivity contribution in [3.63, 3.8) is 0 Å². The summed E-state index contributed by atoms with van der Waals surface area (Å²) >= 11 is 1.05. The van der Waals surface area contributed by atoms with Crippen LogP contribution < -0.4 is 5.32 Å². The minimum Gasteiger partial charge on any atom is -0.355 e. The van der Waals surface area contributed by atoms with Crippen molar-refractivity contribution < 1.29 is 9.59 Å². The van der Waals surface area contributed by atoms with Crippen LogP contribution in [-0.2, 0) is 9.59 Å². The topological polar surface area (TPSA) is 46.2 Å². The molecular formula is C9H17NO2S. The summed E-state index contributed by atoms with van der Waals surface area (Å²) in [6.45, 7) is 4.31. The quantitative estimate of drug-likeness (QED) is 0.667. The summed E-state index contributed by atoms with van der Waals surface area (Å²) in [6, 6.07) is 0. The zero-order chi connectivity index (χ0) is 10.1. The Morgan fingerprint density at radius 2 is 2.00 bits per heavy atom. The highest BCUT2D eigenvalue weighted by molar-refractivity contribution is 8.14. The van der Waals surface area contributed by atoms with E-state index >= 15 is 0 Å². The van der Waals surface area contributed by atoms with Crippen molar-refractivity contribution in [2.75, 3.05) is 12.3 Å². The van der Waals surface area contributed by atoms with E-state index in [2.05, 4.69) is 12.2 Å². The van der Waals surface area contributed by atoms with E-state index in [1.807, 2.05) is 0 Å². The summed E-state index contributed by atoms with van der Waals surface area (Å²) in [5, 5.41) is 2.75. The second kappa shape index (κ2) is 8.10. The van der Waals surface area contributed by atoms with Gasteiger partial charge in [-0.3, -0.25) is 9.59 Å². The van der Waals surface area contributed by atoms with Crippen molar-refractivity contribution in [1.29, 1.82) is 0 Å². The highest BCUT2D eigenvalue weighted by Crippen LogP contribution is 1.99. The van der Waals surface area contributed by atoms with Gasteiger partial charge in [-0.25, -0.2) is 0 Å². The molecule has 1 N–H and O–H groups in total. The third-order valence-electron chi connectivity index (χ3n) is 1.51. The largest absolute Gasteiger partial charge is 0.355 e. The van der Waals surface area contributed by atoms with E-state index in [0.29, 0.717) is 0 Å². The Kier molecular flexibility index (Phi) is 7.79. The number of hydrogen-bond donors (Lipinski definition) is 1. The van der Waals surface area contributed by atoms with Crippen LogP contribution in [0.1, 0.15) is 33.1 Å². The number of carbonyl (C=O) groups is 2. The van der Waals surface area contributed by atoms with Crippen LogP contribution in [0, 0.1) is 0 Å². The maximum Gasteiger partial charge on any atom is 0.230 e. The summed E-state index contributed by atoms with van der Waals surface area (Å²) in [5.74, 6) is 0.206. The Bertz CT molecular complexity index is 171. The fourth-order valence-corrected chi connectivity index (χ4v) is 1.26. The number of nitrogens with one attached hydrogen (secondary N) is 1. The lowest BCUT2D eigenvalue weighted by molar-refractivity contribution is -0.118. The van der Waals surface area contributed by atoms with Crippen LogP contribution in [0.25, 0.3) is 0 Å². The highest BCUT2D eigenvalue weighted by atomic mass is 32.2. The number of carbonyl (C=O) groups excluding carboxylic acids is 2. The highest BCUT2D eigenvalue weighted by Gasteiger charge is 2.02. The summed E-state index contributed by atoms with van der Waals surface area (Å²) in [6.07, 6.45) is 3.31. The average molecular weight is 203 g/mol. The molecule has 0 unspecified atom stereocenters. The summed E-state index contributed by atoms with van der Waals surface area (Å²) < 4.78 is 0. The standard InChI is InChI=1S/C9H17NO2S/c1-3-4-5-6-10-9(12)7-13-8(2)11/h3-7H2,1-2H3,(H,10,12). The first-order chi connectivity index (χ1) is 6.16. The molecule has 0 heterocycles. The molecule has 0 aromatic heterocycles. The summed E-state index contributed by atoms with van der Waals surface area (Å²) in [7, 11) is 0. The van der Waals surface area contributed by atoms with Crippen molar-refractivity contribution in [2.45, 2.75) is 33.1 Å². The van der Waals surface area contributed by atoms with Crippen molar-refractivity contribution in [3.8, 4) is 0 Å². The van der Waals surface area contributed by atoms with E-state index in [9.17, 15) is 9.59 Å². The zero-order valence-electron chi connectivity index (χ0n) is 8.26. The normalized spacial score (nSPS) is 9.69. The average Bonchev–Trinajstić information content (AvgIpc) is 2.09. The van der Waals surface area contributed by atoms with Crippen LogP contribution in [0.3, 0.4) is 0 Å². The van der Waals surface area contributed by atoms with Crippen molar-refractivity contribution in [2.24, 2.45) is 0 Å². The summed E-state index contributed by atoms with van der Waals surface area (Å²) in [5.41, 5.74) is 0. The lowest BCUT2D eigenvalue weighted by Gasteiger charge is -2.02. The van der Waals surface area contributed by atoms with Crippen LogP contribution in [0.5, 0.6) is 0 Å². The van der Waals surface area contributed by atoms with E-state index in [1.54, 1.807) is 0 Å². The zero-order valence-corrected chi connectivity index (χ0v) is 9.08. The van der Waals surface area contributed by atoms with Crippen molar-refractivity contribution in [1.82, 2.24) is 5.32 Å². The van der Waals surface area contributed by atoms with Gasteiger partial charge in [0.25, 0.3) is 0 Å². The van der Waals surface area contributed by atoms with Gasteiger partial charge >= 0.3 is 0 Å². The Labute approximate surface area is 83.7 Å². The molecule has 0 rings (SSSR count). The van der Waals surface area contributed by atoms with Gasteiger partial charge < -0.3 is 5.32 Å². The predicted molar refractivity (Wildman–Crippen MR) is 55.7 cm³/mol. The lowest BCUT2D eigenvalue weighted by Crippen LogP contribution is -2.26. The predicted octanol–water partition coefficient (Wildman–Crippen LogP) is 1.57. The Balaban J connectivity index is 3.25. The molecule has 76 valence electrons. The maximum absolute atomic E-state index is 11.0. The van der Waals surface area contributed by atoms with Gasteiger partial charge in [-0.1, -0.05) is 31.5 Å². The fraction of sp³-hybridized carbons (Fsp3) is 0.778. The molecule has 0 aromatic carbocycles. The molecule has 3 nitrogen and oxygen atoms in total. The molecule has 0 atom stereocenters. The maximum atomic E-state index is 11.0. The molecule has 0 saturated carbocycles. The Morgan fingerprint density at radius 1 is 1.31 bits per heavy atom. The van der Waals surface area contributed by atoms with Crippen LogP contribution in [0.2, 0.25) is 0 Å². The van der Waals surface area contributed by atoms with E-state index in [1.165, 1.54) is 6.92 Å². The van der Waals surface area contributed by atoms with E-state index in [4.69, 9.17) is 0 Å². The SMILES string of the molecule is CCCCCNC(=O)CSC(C)=O. The molecule has 0 saturated heterocycles. The molecular weight excluding hydrogens is 186 g/mol. The number of amides is 1. The smallest absolute Gasteiger partial charge is 0.230 e. The molecule has 0 radical (unpaired) electrons. The molecule has 0 aliphatic heterocycles. The number of hydrogen-bond acceptors (Lipinski definition) is 3. The van der Waals surface area contributed by atoms with Gasteiger partial charge in [-0.15, -0.1) is 0 Å². The first-order valence-corrected chi connectivity index (χ1v) is 5.55. The van der Waals surface area contributed by atoms with Crippen molar-refractivity contribution >= 4 is 22.8 Å². The van der Waals surface area contributed by atoms with Crippen LogP contribution in [-0.4, -0.2) is 23.3 Å². The molecule has 0 aliphatic rings. The monoisotopic (exact) mass is 203 g/mol. The molecule has 4 heteroatoms. The van der Waals surface area contributed by atoms with Crippen LogP contribution in [0.15, 0.2) is 0 Å². The molecule has 0 aliphatic carbocycles. The third-order valence-corrected chi connectivity index (χ3v) is 2.32. The van der Waals surface area contributed by atoms with Gasteiger partial charge in [-0.2, -0.15) is 0 Å². The molecule has 0 bridgehead atoms. The van der Waals surface area contributed by atoms with Gasteiger partial charge in [0, 0.05) is 13.5 Å². The number of rotatable bonds is 6. The Morgan fingerprint density at radius 3 is 2.54 bits per heavy atom. The van der Waals surface area contributed by atoms with Gasteiger partial charge in [0.2, 0.25) is 5.91 Å². The lowest BCUT2D eigenvalue weighted by atomic mass is 10.2. The van der Waals surface area contributed by atoms with Gasteiger partial charge in [0.1, 0.15) is 0 Å². The summed E-state index contributed by atoms with van der Waals surface area (Å²) in [4.78, 5) is 21.5. The molecule has 0 fully saturated rings. The molecule has 13 heavy (non-hydrogen) atoms. The van der Waals surface area contributed by atoms with Gasteiger partial charge in [0.15, 0.2) is 5.12 Å². The van der Waals surface area contributed by atoms with E-state index < -0.39 is 0 Å². The fourth-order valence-electron chi connectivity index (χ4n) is 0.821. The minimum absolute atomic E-state index is 0.0105. The van der Waals surface area contributed by atoms with Crippen molar-refractivity contribution in [3.05, 3.63) is 0 Å². The second-order valence-corrected chi connectivity index (χ2v) is 3.99. The number of unbranched alkanes of at least 4 members (excludes halogenated alkanes) is 2. The van der Waals surface area contributed by atoms with E-state index in [-0.39, 0.29) is 16.8 Å². The number of thioether (sulfide) groups is 1. The molecule has 0 aromatic rings. The van der Waals surface area contributed by atoms with Gasteiger partial charge in [0.05, 0.1) is 5.75 Å². The van der Waals surface area contributed by atoms with E-state index in [0.717, 1.165) is 37.6 Å². The molecule has 1 amide bonds. The van der Waals surface area contributed by atoms with Gasteiger partial charge in [-0.05, 0) is 6.42 Å². The minimum atomic E-state index is -0.0451. The van der Waals surface area contributed by atoms with Crippen LogP contribution >= 0.6 is 11.8 Å². The molecule has 0 spiro atoms. The second-order valence-electron chi connectivity index (χ2n) is 2.84. The first kappa shape index (κ1) is 12.5. The van der Waals surface area contributed by atoms with Crippen LogP contribution in [0.4, 0.5) is 0 Å².